The highest BCUT2D eigenvalue weighted by Gasteiger charge is 2.12. The van der Waals surface area contributed by atoms with Gasteiger partial charge in [-0.1, -0.05) is 12.1 Å². The molecule has 2 aromatic rings. The largest absolute Gasteiger partial charge is 0.342 e. The van der Waals surface area contributed by atoms with Crippen molar-refractivity contribution < 1.29 is 9.32 Å². The Hall–Kier alpha value is -1.69. The minimum absolute atomic E-state index is 0.0985. The Kier molecular flexibility index (Phi) is 3.76. The van der Waals surface area contributed by atoms with Gasteiger partial charge in [-0.2, -0.15) is 4.98 Å². The lowest BCUT2D eigenvalue weighted by Gasteiger charge is -1.98. The van der Waals surface area contributed by atoms with Gasteiger partial charge in [-0.3, -0.25) is 4.79 Å². The second-order valence-corrected chi connectivity index (χ2v) is 5.13. The van der Waals surface area contributed by atoms with E-state index in [2.05, 4.69) is 22.4 Å². The Morgan fingerprint density at radius 3 is 2.83 bits per heavy atom. The summed E-state index contributed by atoms with van der Waals surface area (Å²) in [6.45, 7) is 6.11. The average molecular weight is 265 g/mol. The molecular weight excluding hydrogens is 250 g/mol. The van der Waals surface area contributed by atoms with E-state index in [-0.39, 0.29) is 12.5 Å². The third kappa shape index (κ3) is 2.76. The van der Waals surface area contributed by atoms with E-state index in [0.717, 1.165) is 11.3 Å². The molecule has 2 heterocycles. The molecule has 1 amide bonds. The van der Waals surface area contributed by atoms with E-state index < -0.39 is 0 Å². The molecule has 0 aromatic carbocycles. The molecule has 0 aliphatic heterocycles. The van der Waals surface area contributed by atoms with Crippen molar-refractivity contribution in [2.24, 2.45) is 0 Å². The third-order valence-corrected chi connectivity index (χ3v) is 3.92. The summed E-state index contributed by atoms with van der Waals surface area (Å²) >= 11 is 1.53. The van der Waals surface area contributed by atoms with Gasteiger partial charge in [0.25, 0.3) is 5.91 Å². The molecule has 0 spiro atoms. The number of thiophene rings is 1. The first-order valence-electron chi connectivity index (χ1n) is 5.77. The van der Waals surface area contributed by atoms with Crippen molar-refractivity contribution in [3.63, 3.8) is 0 Å². The molecule has 18 heavy (non-hydrogen) atoms. The van der Waals surface area contributed by atoms with Gasteiger partial charge in [0, 0.05) is 4.88 Å². The first-order chi connectivity index (χ1) is 8.60. The molecule has 0 saturated heterocycles. The second kappa shape index (κ2) is 5.30. The highest BCUT2D eigenvalue weighted by atomic mass is 32.1. The quantitative estimate of drug-likeness (QED) is 0.920. The summed E-state index contributed by atoms with van der Waals surface area (Å²) in [6, 6.07) is 1.91. The van der Waals surface area contributed by atoms with Crippen molar-refractivity contribution >= 4 is 17.2 Å². The molecule has 96 valence electrons. The van der Waals surface area contributed by atoms with Crippen molar-refractivity contribution in [1.82, 2.24) is 15.5 Å². The summed E-state index contributed by atoms with van der Waals surface area (Å²) in [4.78, 5) is 17.9. The number of amides is 1. The van der Waals surface area contributed by atoms with E-state index in [1.54, 1.807) is 6.92 Å². The molecule has 2 rings (SSSR count). The first-order valence-corrected chi connectivity index (χ1v) is 6.58. The van der Waals surface area contributed by atoms with Crippen LogP contribution in [0.15, 0.2) is 10.6 Å². The zero-order valence-corrected chi connectivity index (χ0v) is 11.4. The number of carbonyl (C=O) groups excluding carboxylic acids is 1. The van der Waals surface area contributed by atoms with Crippen LogP contribution in [-0.4, -0.2) is 16.0 Å². The first kappa shape index (κ1) is 12.8. The van der Waals surface area contributed by atoms with Gasteiger partial charge in [-0.15, -0.1) is 11.3 Å². The molecule has 0 aliphatic rings. The molecule has 5 nitrogen and oxygen atoms in total. The number of rotatable bonds is 4. The summed E-state index contributed by atoms with van der Waals surface area (Å²) in [6.07, 6.45) is 0.951. The second-order valence-electron chi connectivity index (χ2n) is 3.99. The van der Waals surface area contributed by atoms with E-state index in [1.807, 2.05) is 13.0 Å². The number of nitrogens with zero attached hydrogens (tertiary/aromatic N) is 2. The van der Waals surface area contributed by atoms with E-state index in [0.29, 0.717) is 11.7 Å². The maximum Gasteiger partial charge on any atom is 0.261 e. The van der Waals surface area contributed by atoms with Crippen molar-refractivity contribution in [2.75, 3.05) is 0 Å². The molecule has 0 unspecified atom stereocenters. The van der Waals surface area contributed by atoms with E-state index in [9.17, 15) is 4.79 Å². The lowest BCUT2D eigenvalue weighted by Crippen LogP contribution is -2.21. The molecule has 0 saturated carbocycles. The van der Waals surface area contributed by atoms with Gasteiger partial charge in [-0.25, -0.2) is 0 Å². The topological polar surface area (TPSA) is 68.0 Å². The Morgan fingerprint density at radius 2 is 2.28 bits per heavy atom. The Labute approximate surface area is 109 Å². The van der Waals surface area contributed by atoms with Crippen LogP contribution in [0.1, 0.15) is 38.8 Å². The van der Waals surface area contributed by atoms with Crippen molar-refractivity contribution in [3.8, 4) is 0 Å². The van der Waals surface area contributed by atoms with Crippen LogP contribution in [0, 0.1) is 13.8 Å². The highest BCUT2D eigenvalue weighted by molar-refractivity contribution is 7.14. The van der Waals surface area contributed by atoms with Gasteiger partial charge < -0.3 is 9.84 Å². The summed E-state index contributed by atoms with van der Waals surface area (Å²) in [5.74, 6) is 0.892. The zero-order valence-electron chi connectivity index (χ0n) is 10.6. The fourth-order valence-corrected chi connectivity index (χ4v) is 2.67. The predicted octanol–water partition coefficient (Wildman–Crippen LogP) is 2.24. The number of hydrogen-bond acceptors (Lipinski definition) is 5. The standard InChI is InChI=1S/C12H15N3O2S/c1-4-9-7(2)5-10(18-9)12(16)13-6-11-14-8(3)15-17-11/h5H,4,6H2,1-3H3,(H,13,16). The summed E-state index contributed by atoms with van der Waals surface area (Å²) in [5.41, 5.74) is 1.17. The van der Waals surface area contributed by atoms with Crippen LogP contribution in [0.4, 0.5) is 0 Å². The van der Waals surface area contributed by atoms with Crippen molar-refractivity contribution in [1.29, 1.82) is 0 Å². The number of aromatic nitrogens is 2. The lowest BCUT2D eigenvalue weighted by molar-refractivity contribution is 0.0950. The van der Waals surface area contributed by atoms with Crippen LogP contribution in [0.5, 0.6) is 0 Å². The number of nitrogens with one attached hydrogen (secondary N) is 1. The van der Waals surface area contributed by atoms with Crippen LogP contribution in [-0.2, 0) is 13.0 Å². The van der Waals surface area contributed by atoms with Gasteiger partial charge in [0.2, 0.25) is 5.89 Å². The zero-order chi connectivity index (χ0) is 13.1. The smallest absolute Gasteiger partial charge is 0.261 e. The number of carbonyl (C=O) groups is 1. The molecule has 2 aromatic heterocycles. The molecule has 0 atom stereocenters. The van der Waals surface area contributed by atoms with Gasteiger partial charge in [0.05, 0.1) is 11.4 Å². The molecule has 0 fully saturated rings. The fraction of sp³-hybridized carbons (Fsp3) is 0.417. The fourth-order valence-electron chi connectivity index (χ4n) is 1.64. The number of aryl methyl sites for hydroxylation is 3. The van der Waals surface area contributed by atoms with Gasteiger partial charge in [0.15, 0.2) is 5.82 Å². The van der Waals surface area contributed by atoms with Gasteiger partial charge in [0.1, 0.15) is 0 Å². The summed E-state index contributed by atoms with van der Waals surface area (Å²) < 4.78 is 4.93. The monoisotopic (exact) mass is 265 g/mol. The Morgan fingerprint density at radius 1 is 1.50 bits per heavy atom. The maximum absolute atomic E-state index is 11.9. The molecular formula is C12H15N3O2S. The SMILES string of the molecule is CCc1sc(C(=O)NCc2nc(C)no2)cc1C. The van der Waals surface area contributed by atoms with Gasteiger partial charge >= 0.3 is 0 Å². The minimum Gasteiger partial charge on any atom is -0.342 e. The molecule has 0 radical (unpaired) electrons. The van der Waals surface area contributed by atoms with Crippen LogP contribution in [0.3, 0.4) is 0 Å². The van der Waals surface area contributed by atoms with Crippen molar-refractivity contribution in [3.05, 3.63) is 33.1 Å². The van der Waals surface area contributed by atoms with Crippen LogP contribution >= 0.6 is 11.3 Å². The molecule has 0 aliphatic carbocycles. The van der Waals surface area contributed by atoms with E-state index >= 15 is 0 Å². The van der Waals surface area contributed by atoms with Crippen LogP contribution in [0.2, 0.25) is 0 Å². The van der Waals surface area contributed by atoms with Crippen molar-refractivity contribution in [2.45, 2.75) is 33.7 Å². The van der Waals surface area contributed by atoms with Crippen LogP contribution in [0.25, 0.3) is 0 Å². The molecule has 0 bridgehead atoms. The predicted molar refractivity (Wildman–Crippen MR) is 68.6 cm³/mol. The van der Waals surface area contributed by atoms with Gasteiger partial charge in [-0.05, 0) is 31.9 Å². The van der Waals surface area contributed by atoms with E-state index in [4.69, 9.17) is 4.52 Å². The molecule has 6 heteroatoms. The summed E-state index contributed by atoms with van der Waals surface area (Å²) in [5, 5.41) is 6.43. The Balaban J connectivity index is 1.99. The highest BCUT2D eigenvalue weighted by Crippen LogP contribution is 2.22. The Bertz CT molecular complexity index is 559. The summed E-state index contributed by atoms with van der Waals surface area (Å²) in [7, 11) is 0. The average Bonchev–Trinajstić information content (AvgIpc) is 2.92. The van der Waals surface area contributed by atoms with E-state index in [1.165, 1.54) is 21.8 Å². The maximum atomic E-state index is 11.9. The number of hydrogen-bond donors (Lipinski definition) is 1. The molecule has 1 N–H and O–H groups in total. The third-order valence-electron chi connectivity index (χ3n) is 2.54. The van der Waals surface area contributed by atoms with Crippen LogP contribution < -0.4 is 5.32 Å². The lowest BCUT2D eigenvalue weighted by atomic mass is 10.2. The normalized spacial score (nSPS) is 10.6. The minimum atomic E-state index is -0.0985.